The number of rotatable bonds is 4. The number of carbonyl (C=O) groups is 1. The van der Waals surface area contributed by atoms with Crippen LogP contribution in [0.5, 0.6) is 0 Å². The third-order valence-electron chi connectivity index (χ3n) is 5.69. The Morgan fingerprint density at radius 1 is 1.03 bits per heavy atom. The predicted molar refractivity (Wildman–Crippen MR) is 105 cm³/mol. The molecule has 3 heterocycles. The largest absolute Gasteiger partial charge is 0.469 e. The molecule has 7 heteroatoms. The van der Waals surface area contributed by atoms with E-state index in [-0.39, 0.29) is 10.7 Å². The molecule has 1 saturated heterocycles. The summed E-state index contributed by atoms with van der Waals surface area (Å²) in [6.45, 7) is 0. The summed E-state index contributed by atoms with van der Waals surface area (Å²) < 4.78 is 5.57. The summed E-state index contributed by atoms with van der Waals surface area (Å²) in [6, 6.07) is 17.1. The number of ketones is 1. The number of fused-ring (bicyclic) bond motifs is 3. The van der Waals surface area contributed by atoms with Crippen LogP contribution in [0.1, 0.15) is 39.2 Å². The highest BCUT2D eigenvalue weighted by molar-refractivity contribution is 6.01. The second-order valence-corrected chi connectivity index (χ2v) is 7.19. The molecule has 0 spiro atoms. The van der Waals surface area contributed by atoms with Crippen molar-refractivity contribution in [2.75, 3.05) is 0 Å². The van der Waals surface area contributed by atoms with E-state index in [0.29, 0.717) is 11.3 Å². The Labute approximate surface area is 166 Å². The first-order valence-electron chi connectivity index (χ1n) is 9.34. The highest BCUT2D eigenvalue weighted by Gasteiger charge is 2.61. The number of furan rings is 1. The lowest BCUT2D eigenvalue weighted by atomic mass is 9.85. The molecule has 1 unspecified atom stereocenters. The molecular formula is C22H17N3O4. The number of benzene rings is 2. The van der Waals surface area contributed by atoms with Crippen LogP contribution in [0.3, 0.4) is 0 Å². The van der Waals surface area contributed by atoms with Crippen LogP contribution in [0.25, 0.3) is 0 Å². The van der Waals surface area contributed by atoms with Crippen molar-refractivity contribution in [2.45, 2.75) is 24.0 Å². The zero-order valence-electron chi connectivity index (χ0n) is 15.3. The van der Waals surface area contributed by atoms with Crippen LogP contribution in [0, 0.1) is 10.1 Å². The number of Topliss-reactive ketones (excluding diaryl/α,β-unsaturated/α-hetero) is 1. The normalized spacial score (nSPS) is 24.8. The molecule has 5 rings (SSSR count). The van der Waals surface area contributed by atoms with E-state index in [1.807, 2.05) is 30.3 Å². The number of hydrogen-bond acceptors (Lipinski definition) is 6. The van der Waals surface area contributed by atoms with E-state index in [9.17, 15) is 14.9 Å². The zero-order chi connectivity index (χ0) is 20.0. The third kappa shape index (κ3) is 2.66. The minimum atomic E-state index is -1.07. The minimum absolute atomic E-state index is 0.210. The predicted octanol–water partition coefficient (Wildman–Crippen LogP) is 3.66. The van der Waals surface area contributed by atoms with Crippen LogP contribution in [0.2, 0.25) is 0 Å². The van der Waals surface area contributed by atoms with Crippen molar-refractivity contribution in [1.29, 1.82) is 0 Å². The van der Waals surface area contributed by atoms with Gasteiger partial charge < -0.3 is 4.42 Å². The van der Waals surface area contributed by atoms with Crippen molar-refractivity contribution >= 4 is 12.0 Å². The molecular weight excluding hydrogens is 370 g/mol. The first-order chi connectivity index (χ1) is 14.2. The van der Waals surface area contributed by atoms with Gasteiger partial charge in [0.2, 0.25) is 0 Å². The molecule has 0 radical (unpaired) electrons. The Balaban J connectivity index is 1.70. The maximum Gasteiger partial charge on any atom is 0.251 e. The van der Waals surface area contributed by atoms with Gasteiger partial charge in [0.25, 0.3) is 6.04 Å². The fourth-order valence-electron chi connectivity index (χ4n) is 4.48. The van der Waals surface area contributed by atoms with Gasteiger partial charge in [-0.25, -0.2) is 0 Å². The number of nitro groups is 1. The van der Waals surface area contributed by atoms with Gasteiger partial charge in [-0.3, -0.25) is 19.9 Å². The lowest BCUT2D eigenvalue weighted by Gasteiger charge is -2.30. The van der Waals surface area contributed by atoms with Crippen LogP contribution < -0.4 is 0 Å². The maximum absolute atomic E-state index is 13.5. The SMILES string of the molecule is O=C(c1ccccc1)[C@@H]1[C@@H](c2ccco2)[C@H]([N+](=O)[O-])C2c3ccccc3C=NN21. The molecule has 1 aromatic heterocycles. The highest BCUT2D eigenvalue weighted by Crippen LogP contribution is 2.49. The quantitative estimate of drug-likeness (QED) is 0.387. The third-order valence-corrected chi connectivity index (χ3v) is 5.69. The fourth-order valence-corrected chi connectivity index (χ4v) is 4.48. The Hall–Kier alpha value is -3.74. The molecule has 0 amide bonds. The summed E-state index contributed by atoms with van der Waals surface area (Å²) in [4.78, 5) is 25.5. The van der Waals surface area contributed by atoms with Crippen molar-refractivity contribution in [1.82, 2.24) is 5.01 Å². The van der Waals surface area contributed by atoms with Gasteiger partial charge in [0, 0.05) is 16.1 Å². The molecule has 2 aromatic carbocycles. The average molecular weight is 387 g/mol. The van der Waals surface area contributed by atoms with Crippen LogP contribution in [-0.2, 0) is 0 Å². The van der Waals surface area contributed by atoms with E-state index >= 15 is 0 Å². The van der Waals surface area contributed by atoms with Crippen LogP contribution in [0.15, 0.2) is 82.5 Å². The van der Waals surface area contributed by atoms with Gasteiger partial charge in [-0.1, -0.05) is 54.6 Å². The molecule has 144 valence electrons. The smallest absolute Gasteiger partial charge is 0.251 e. The Morgan fingerprint density at radius 3 is 2.52 bits per heavy atom. The number of carbonyl (C=O) groups excluding carboxylic acids is 1. The summed E-state index contributed by atoms with van der Waals surface area (Å²) >= 11 is 0. The number of hydrazone groups is 1. The van der Waals surface area contributed by atoms with E-state index in [1.54, 1.807) is 47.6 Å². The van der Waals surface area contributed by atoms with Crippen LogP contribution in [0.4, 0.5) is 0 Å². The van der Waals surface area contributed by atoms with Gasteiger partial charge in [-0.2, -0.15) is 5.10 Å². The average Bonchev–Trinajstić information content (AvgIpc) is 3.39. The Morgan fingerprint density at radius 2 is 1.79 bits per heavy atom. The standard InChI is InChI=1S/C22H17N3O4/c26-22(14-7-2-1-3-8-14)21-18(17-11-6-12-29-17)20(25(27)28)19-16-10-5-4-9-15(16)13-23-24(19)21/h1-13,18-21H/t18-,19?,20-,21-/m0/s1. The monoisotopic (exact) mass is 387 g/mol. The van der Waals surface area contributed by atoms with Crippen molar-refractivity contribution in [3.63, 3.8) is 0 Å². The molecule has 0 saturated carbocycles. The molecule has 0 bridgehead atoms. The first-order valence-corrected chi connectivity index (χ1v) is 9.34. The van der Waals surface area contributed by atoms with Crippen molar-refractivity contribution in [3.8, 4) is 0 Å². The summed E-state index contributed by atoms with van der Waals surface area (Å²) in [6.07, 6.45) is 3.14. The van der Waals surface area contributed by atoms with Gasteiger partial charge in [0.1, 0.15) is 23.8 Å². The van der Waals surface area contributed by atoms with Crippen LogP contribution in [-0.4, -0.2) is 34.0 Å². The van der Waals surface area contributed by atoms with Gasteiger partial charge >= 0.3 is 0 Å². The lowest BCUT2D eigenvalue weighted by Crippen LogP contribution is -2.38. The molecule has 2 aliphatic rings. The molecule has 7 nitrogen and oxygen atoms in total. The van der Waals surface area contributed by atoms with Gasteiger partial charge in [0.15, 0.2) is 5.78 Å². The summed E-state index contributed by atoms with van der Waals surface area (Å²) in [5, 5.41) is 18.3. The molecule has 3 aromatic rings. The Bertz CT molecular complexity index is 1090. The molecule has 0 aliphatic carbocycles. The zero-order valence-corrected chi connectivity index (χ0v) is 15.3. The number of nitrogens with zero attached hydrogens (tertiary/aromatic N) is 3. The molecule has 0 N–H and O–H groups in total. The van der Waals surface area contributed by atoms with E-state index in [4.69, 9.17) is 4.42 Å². The van der Waals surface area contributed by atoms with Gasteiger partial charge in [-0.15, -0.1) is 0 Å². The topological polar surface area (TPSA) is 88.9 Å². The van der Waals surface area contributed by atoms with Gasteiger partial charge in [-0.05, 0) is 17.7 Å². The number of hydrogen-bond donors (Lipinski definition) is 0. The molecule has 2 aliphatic heterocycles. The second kappa shape index (κ2) is 6.70. The van der Waals surface area contributed by atoms with E-state index in [0.717, 1.165) is 11.1 Å². The summed E-state index contributed by atoms with van der Waals surface area (Å²) in [7, 11) is 0. The molecule has 1 fully saturated rings. The van der Waals surface area contributed by atoms with E-state index in [1.165, 1.54) is 6.26 Å². The van der Waals surface area contributed by atoms with Gasteiger partial charge in [0.05, 0.1) is 12.5 Å². The first kappa shape index (κ1) is 17.4. The van der Waals surface area contributed by atoms with Crippen molar-refractivity contribution in [2.24, 2.45) is 5.10 Å². The minimum Gasteiger partial charge on any atom is -0.469 e. The van der Waals surface area contributed by atoms with Crippen LogP contribution >= 0.6 is 0 Å². The van der Waals surface area contributed by atoms with Crippen molar-refractivity contribution in [3.05, 3.63) is 106 Å². The lowest BCUT2D eigenvalue weighted by molar-refractivity contribution is -0.529. The fraction of sp³-hybridized carbons (Fsp3) is 0.182. The van der Waals surface area contributed by atoms with Crippen molar-refractivity contribution < 1.29 is 14.1 Å². The Kier molecular flexibility index (Phi) is 4.01. The highest BCUT2D eigenvalue weighted by atomic mass is 16.6. The maximum atomic E-state index is 13.5. The summed E-state index contributed by atoms with van der Waals surface area (Å²) in [5.74, 6) is -0.554. The summed E-state index contributed by atoms with van der Waals surface area (Å²) in [5.41, 5.74) is 2.11. The van der Waals surface area contributed by atoms with E-state index < -0.39 is 24.0 Å². The van der Waals surface area contributed by atoms with E-state index in [2.05, 4.69) is 5.10 Å². The second-order valence-electron chi connectivity index (χ2n) is 7.19. The molecule has 29 heavy (non-hydrogen) atoms. The molecule has 4 atom stereocenters.